The molecule has 3 heterocycles. The molecule has 148 valence electrons. The van der Waals surface area contributed by atoms with Gasteiger partial charge in [-0.1, -0.05) is 6.92 Å². The molecule has 2 aromatic heterocycles. The number of thiazole rings is 1. The number of amides is 1. The van der Waals surface area contributed by atoms with Crippen molar-refractivity contribution in [3.63, 3.8) is 0 Å². The first-order valence-corrected chi connectivity index (χ1v) is 10.1. The summed E-state index contributed by atoms with van der Waals surface area (Å²) in [7, 11) is 2.10. The van der Waals surface area contributed by atoms with Crippen LogP contribution in [0.15, 0.2) is 28.9 Å². The highest BCUT2D eigenvalue weighted by Crippen LogP contribution is 2.28. The van der Waals surface area contributed by atoms with Crippen molar-refractivity contribution in [3.05, 3.63) is 41.1 Å². The average Bonchev–Trinajstić information content (AvgIpc) is 3.36. The first-order valence-electron chi connectivity index (χ1n) is 9.31. The summed E-state index contributed by atoms with van der Waals surface area (Å²) in [6.45, 7) is 7.00. The lowest BCUT2D eigenvalue weighted by molar-refractivity contribution is 0.0929. The summed E-state index contributed by atoms with van der Waals surface area (Å²) in [6.07, 6.45) is 2.45. The Morgan fingerprint density at radius 2 is 2.29 bits per heavy atom. The van der Waals surface area contributed by atoms with Crippen LogP contribution >= 0.6 is 11.3 Å². The van der Waals surface area contributed by atoms with Crippen LogP contribution in [0.3, 0.4) is 0 Å². The number of nitrogens with zero attached hydrogens (tertiary/aromatic N) is 3. The Labute approximate surface area is 167 Å². The van der Waals surface area contributed by atoms with E-state index in [0.29, 0.717) is 18.2 Å². The molecule has 0 spiro atoms. The highest BCUT2D eigenvalue weighted by molar-refractivity contribution is 7.18. The summed E-state index contributed by atoms with van der Waals surface area (Å²) in [6, 6.07) is 5.79. The molecule has 1 N–H and O–H groups in total. The molecule has 1 aliphatic rings. The Morgan fingerprint density at radius 3 is 3.07 bits per heavy atom. The molecule has 0 aliphatic carbocycles. The number of hydrogen-bond acceptors (Lipinski definition) is 7. The van der Waals surface area contributed by atoms with Gasteiger partial charge in [0.1, 0.15) is 12.0 Å². The number of nitrogens with one attached hydrogen (secondary N) is 1. The quantitative estimate of drug-likeness (QED) is 0.684. The average molecular weight is 401 g/mol. The number of fused-ring (bicyclic) bond motifs is 1. The Morgan fingerprint density at radius 1 is 1.43 bits per heavy atom. The summed E-state index contributed by atoms with van der Waals surface area (Å²) in [4.78, 5) is 23.4. The third kappa shape index (κ3) is 4.18. The lowest BCUT2D eigenvalue weighted by Gasteiger charge is -2.23. The van der Waals surface area contributed by atoms with Gasteiger partial charge in [-0.3, -0.25) is 4.79 Å². The van der Waals surface area contributed by atoms with Crippen molar-refractivity contribution in [2.24, 2.45) is 5.41 Å². The van der Waals surface area contributed by atoms with Crippen molar-refractivity contribution < 1.29 is 13.9 Å². The van der Waals surface area contributed by atoms with E-state index in [9.17, 15) is 4.79 Å². The zero-order chi connectivity index (χ0) is 19.7. The van der Waals surface area contributed by atoms with Gasteiger partial charge in [-0.05, 0) is 44.5 Å². The minimum atomic E-state index is -0.217. The maximum Gasteiger partial charge on any atom is 0.273 e. The molecule has 3 aromatic rings. The molecule has 0 saturated carbocycles. The Bertz CT molecular complexity index is 998. The highest BCUT2D eigenvalue weighted by Gasteiger charge is 2.32. The van der Waals surface area contributed by atoms with Crippen LogP contribution in [0.5, 0.6) is 5.75 Å². The van der Waals surface area contributed by atoms with Gasteiger partial charge in [-0.25, -0.2) is 9.97 Å². The zero-order valence-electron chi connectivity index (χ0n) is 16.3. The molecule has 0 unspecified atom stereocenters. The van der Waals surface area contributed by atoms with Crippen LogP contribution in [-0.2, 0) is 6.61 Å². The zero-order valence-corrected chi connectivity index (χ0v) is 17.1. The van der Waals surface area contributed by atoms with Crippen LogP contribution in [0.2, 0.25) is 0 Å². The van der Waals surface area contributed by atoms with Crippen molar-refractivity contribution in [2.75, 3.05) is 26.7 Å². The number of oxazole rings is 1. The molecule has 1 fully saturated rings. The summed E-state index contributed by atoms with van der Waals surface area (Å²) in [5, 5.41) is 4.00. The van der Waals surface area contributed by atoms with Gasteiger partial charge in [-0.2, -0.15) is 0 Å². The Balaban J connectivity index is 1.32. The smallest absolute Gasteiger partial charge is 0.273 e. The number of carbonyl (C=O) groups excluding carboxylic acids is 1. The molecular formula is C20H24N4O3S. The maximum absolute atomic E-state index is 12.4. The van der Waals surface area contributed by atoms with Crippen molar-refractivity contribution in [2.45, 2.75) is 26.9 Å². The first-order chi connectivity index (χ1) is 13.4. The van der Waals surface area contributed by atoms with Crippen molar-refractivity contribution in [1.29, 1.82) is 0 Å². The fourth-order valence-corrected chi connectivity index (χ4v) is 4.35. The topological polar surface area (TPSA) is 80.5 Å². The molecular weight excluding hydrogens is 376 g/mol. The SMILES string of the molecule is Cc1nc2cc(OCc3nc(C(=O)NC[C@]4(C)CCN(C)C4)co3)ccc2s1. The van der Waals surface area contributed by atoms with Gasteiger partial charge in [0.25, 0.3) is 5.91 Å². The highest BCUT2D eigenvalue weighted by atomic mass is 32.1. The molecule has 7 nitrogen and oxygen atoms in total. The monoisotopic (exact) mass is 400 g/mol. The fraction of sp³-hybridized carbons (Fsp3) is 0.450. The van der Waals surface area contributed by atoms with Crippen LogP contribution in [-0.4, -0.2) is 47.5 Å². The number of hydrogen-bond donors (Lipinski definition) is 1. The molecule has 1 amide bonds. The third-order valence-electron chi connectivity index (χ3n) is 5.04. The predicted octanol–water partition coefficient (Wildman–Crippen LogP) is 3.24. The van der Waals surface area contributed by atoms with Gasteiger partial charge in [-0.15, -0.1) is 11.3 Å². The lowest BCUT2D eigenvalue weighted by Crippen LogP contribution is -2.37. The molecule has 0 radical (unpaired) electrons. The molecule has 1 atom stereocenters. The molecule has 4 rings (SSSR count). The van der Waals surface area contributed by atoms with Crippen molar-refractivity contribution in [1.82, 2.24) is 20.2 Å². The summed E-state index contributed by atoms with van der Waals surface area (Å²) >= 11 is 1.65. The van der Waals surface area contributed by atoms with E-state index in [-0.39, 0.29) is 23.6 Å². The van der Waals surface area contributed by atoms with Crippen molar-refractivity contribution >= 4 is 27.5 Å². The van der Waals surface area contributed by atoms with E-state index >= 15 is 0 Å². The van der Waals surface area contributed by atoms with E-state index in [4.69, 9.17) is 9.15 Å². The number of ether oxygens (including phenoxy) is 1. The van der Waals surface area contributed by atoms with Crippen LogP contribution in [0.4, 0.5) is 0 Å². The molecule has 28 heavy (non-hydrogen) atoms. The number of aromatic nitrogens is 2. The van der Waals surface area contributed by atoms with Crippen LogP contribution in [0, 0.1) is 12.3 Å². The van der Waals surface area contributed by atoms with E-state index in [1.54, 1.807) is 11.3 Å². The normalized spacial score (nSPS) is 20.0. The number of likely N-dealkylation sites (tertiary alicyclic amines) is 1. The minimum absolute atomic E-state index is 0.104. The number of carbonyl (C=O) groups is 1. The maximum atomic E-state index is 12.4. The van der Waals surface area contributed by atoms with E-state index in [2.05, 4.69) is 34.2 Å². The molecule has 0 bridgehead atoms. The van der Waals surface area contributed by atoms with Gasteiger partial charge in [0.2, 0.25) is 5.89 Å². The molecule has 1 aliphatic heterocycles. The van der Waals surface area contributed by atoms with Gasteiger partial charge in [0, 0.05) is 19.2 Å². The van der Waals surface area contributed by atoms with Crippen molar-refractivity contribution in [3.8, 4) is 5.75 Å². The van der Waals surface area contributed by atoms with Crippen LogP contribution in [0.1, 0.15) is 34.7 Å². The van der Waals surface area contributed by atoms with Crippen LogP contribution in [0.25, 0.3) is 10.2 Å². The minimum Gasteiger partial charge on any atom is -0.484 e. The number of benzene rings is 1. The van der Waals surface area contributed by atoms with E-state index in [1.807, 2.05) is 25.1 Å². The van der Waals surface area contributed by atoms with Gasteiger partial charge in [0.15, 0.2) is 12.3 Å². The number of rotatable bonds is 6. The first kappa shape index (κ1) is 18.9. The largest absolute Gasteiger partial charge is 0.484 e. The summed E-state index contributed by atoms with van der Waals surface area (Å²) < 4.78 is 12.3. The summed E-state index contributed by atoms with van der Waals surface area (Å²) in [5.41, 5.74) is 1.30. The van der Waals surface area contributed by atoms with E-state index < -0.39 is 0 Å². The van der Waals surface area contributed by atoms with Gasteiger partial charge in [0.05, 0.1) is 15.2 Å². The molecule has 1 saturated heterocycles. The van der Waals surface area contributed by atoms with Crippen LogP contribution < -0.4 is 10.1 Å². The number of aryl methyl sites for hydroxylation is 1. The second kappa shape index (κ2) is 7.52. The summed E-state index contributed by atoms with van der Waals surface area (Å²) in [5.74, 6) is 0.844. The van der Waals surface area contributed by atoms with E-state index in [0.717, 1.165) is 34.7 Å². The Hall–Kier alpha value is -2.45. The molecule has 8 heteroatoms. The second-order valence-electron chi connectivity index (χ2n) is 7.76. The van der Waals surface area contributed by atoms with Gasteiger partial charge < -0.3 is 19.4 Å². The third-order valence-corrected chi connectivity index (χ3v) is 5.99. The standard InChI is InChI=1S/C20H24N4O3S/c1-13-22-15-8-14(4-5-17(15)28-13)26-10-18-23-16(9-27-18)19(25)21-11-20(2)6-7-24(3)12-20/h4-5,8-9H,6-7,10-12H2,1-3H3,(H,21,25)/t20-/m0/s1. The molecule has 1 aromatic carbocycles. The predicted molar refractivity (Wildman–Crippen MR) is 108 cm³/mol. The van der Waals surface area contributed by atoms with E-state index in [1.165, 1.54) is 6.26 Å². The van der Waals surface area contributed by atoms with Gasteiger partial charge >= 0.3 is 0 Å². The second-order valence-corrected chi connectivity index (χ2v) is 8.99. The fourth-order valence-electron chi connectivity index (χ4n) is 3.54. The Kier molecular flexibility index (Phi) is 5.07. The lowest BCUT2D eigenvalue weighted by atomic mass is 9.90.